The molecule has 0 aromatic rings. The molecule has 0 spiro atoms. The van der Waals surface area contributed by atoms with Gasteiger partial charge in [0.15, 0.2) is 0 Å². The second-order valence-corrected chi connectivity index (χ2v) is 2.18. The van der Waals surface area contributed by atoms with Crippen LogP contribution < -0.4 is 0 Å². The van der Waals surface area contributed by atoms with Crippen molar-refractivity contribution >= 4 is 0 Å². The van der Waals surface area contributed by atoms with E-state index in [2.05, 4.69) is 4.74 Å². The topological polar surface area (TPSA) is 9.23 Å². The van der Waals surface area contributed by atoms with Crippen molar-refractivity contribution in [3.63, 3.8) is 0 Å². The Morgan fingerprint density at radius 3 is 2.36 bits per heavy atom. The highest BCUT2D eigenvalue weighted by molar-refractivity contribution is 4.79. The van der Waals surface area contributed by atoms with Gasteiger partial charge in [0.05, 0.1) is 6.10 Å². The largest absolute Gasteiger partial charge is 0.522 e. The second kappa shape index (κ2) is 4.38. The molecule has 4 heteroatoms. The van der Waals surface area contributed by atoms with E-state index in [-0.39, 0.29) is 6.42 Å². The first kappa shape index (κ1) is 10.5. The van der Waals surface area contributed by atoms with Gasteiger partial charge in [-0.3, -0.25) is 4.74 Å². The van der Waals surface area contributed by atoms with E-state index in [0.717, 1.165) is 0 Å². The molecule has 0 bridgehead atoms. The Labute approximate surface area is 63.8 Å². The summed E-state index contributed by atoms with van der Waals surface area (Å²) in [6.45, 7) is 3.13. The zero-order valence-electron chi connectivity index (χ0n) is 6.48. The molecule has 66 valence electrons. The summed E-state index contributed by atoms with van der Waals surface area (Å²) in [6.07, 6.45) is -1.70. The van der Waals surface area contributed by atoms with E-state index in [1.807, 2.05) is 0 Å². The van der Waals surface area contributed by atoms with E-state index < -0.39 is 12.5 Å². The Balaban J connectivity index is 3.60. The highest BCUT2D eigenvalue weighted by atomic mass is 19.4. The Hall–Kier alpha value is -0.510. The van der Waals surface area contributed by atoms with Crippen molar-refractivity contribution in [3.05, 3.63) is 12.2 Å². The molecule has 0 heterocycles. The van der Waals surface area contributed by atoms with Crippen LogP contribution >= 0.6 is 0 Å². The van der Waals surface area contributed by atoms with E-state index in [4.69, 9.17) is 0 Å². The van der Waals surface area contributed by atoms with Gasteiger partial charge in [-0.2, -0.15) is 0 Å². The Bertz CT molecular complexity index is 128. The summed E-state index contributed by atoms with van der Waals surface area (Å²) < 4.78 is 38.1. The van der Waals surface area contributed by atoms with Crippen LogP contribution in [0.25, 0.3) is 0 Å². The quantitative estimate of drug-likeness (QED) is 0.589. The number of hydrogen-bond donors (Lipinski definition) is 0. The average molecular weight is 168 g/mol. The normalized spacial score (nSPS) is 15.7. The van der Waals surface area contributed by atoms with E-state index in [0.29, 0.717) is 0 Å². The van der Waals surface area contributed by atoms with Gasteiger partial charge >= 0.3 is 6.36 Å². The van der Waals surface area contributed by atoms with Crippen molar-refractivity contribution in [2.75, 3.05) is 0 Å². The highest BCUT2D eigenvalue weighted by Gasteiger charge is 2.31. The van der Waals surface area contributed by atoms with Crippen LogP contribution in [-0.4, -0.2) is 12.5 Å². The van der Waals surface area contributed by atoms with Crippen molar-refractivity contribution in [1.82, 2.24) is 0 Å². The van der Waals surface area contributed by atoms with Gasteiger partial charge in [-0.15, -0.1) is 13.2 Å². The monoisotopic (exact) mass is 168 g/mol. The third-order valence-electron chi connectivity index (χ3n) is 1.04. The molecule has 0 amide bonds. The van der Waals surface area contributed by atoms with E-state index >= 15 is 0 Å². The van der Waals surface area contributed by atoms with Crippen molar-refractivity contribution < 1.29 is 17.9 Å². The molecule has 1 unspecified atom stereocenters. The van der Waals surface area contributed by atoms with Gasteiger partial charge in [-0.05, 0) is 20.3 Å². The van der Waals surface area contributed by atoms with Crippen LogP contribution in [0.15, 0.2) is 12.2 Å². The summed E-state index contributed by atoms with van der Waals surface area (Å²) in [4.78, 5) is 0. The molecule has 0 aliphatic rings. The molecule has 0 aromatic carbocycles. The number of halogens is 3. The predicted octanol–water partition coefficient (Wildman–Crippen LogP) is 2.88. The maximum Gasteiger partial charge on any atom is 0.522 e. The van der Waals surface area contributed by atoms with Crippen molar-refractivity contribution in [1.29, 1.82) is 0 Å². The van der Waals surface area contributed by atoms with Gasteiger partial charge in [-0.1, -0.05) is 12.2 Å². The van der Waals surface area contributed by atoms with Gasteiger partial charge in [-0.25, -0.2) is 0 Å². The zero-order valence-corrected chi connectivity index (χ0v) is 6.48. The maximum atomic E-state index is 11.5. The Kier molecular flexibility index (Phi) is 4.18. The molecule has 0 radical (unpaired) electrons. The first-order valence-corrected chi connectivity index (χ1v) is 3.31. The molecule has 0 aliphatic heterocycles. The van der Waals surface area contributed by atoms with Crippen molar-refractivity contribution in [3.8, 4) is 0 Å². The van der Waals surface area contributed by atoms with Crippen LogP contribution in [0.5, 0.6) is 0 Å². The van der Waals surface area contributed by atoms with Crippen LogP contribution in [0.2, 0.25) is 0 Å². The molecule has 1 nitrogen and oxygen atoms in total. The molecular weight excluding hydrogens is 157 g/mol. The summed E-state index contributed by atoms with van der Waals surface area (Å²) >= 11 is 0. The summed E-state index contributed by atoms with van der Waals surface area (Å²) in [5, 5.41) is 0. The highest BCUT2D eigenvalue weighted by Crippen LogP contribution is 2.19. The second-order valence-electron chi connectivity index (χ2n) is 2.18. The van der Waals surface area contributed by atoms with E-state index in [1.165, 1.54) is 6.92 Å². The Morgan fingerprint density at radius 2 is 2.00 bits per heavy atom. The minimum Gasteiger partial charge on any atom is -0.289 e. The molecule has 0 aliphatic carbocycles. The number of ether oxygens (including phenoxy) is 1. The van der Waals surface area contributed by atoms with Crippen LogP contribution in [0.3, 0.4) is 0 Å². The molecule has 0 aromatic heterocycles. The van der Waals surface area contributed by atoms with Gasteiger partial charge in [0.25, 0.3) is 0 Å². The summed E-state index contributed by atoms with van der Waals surface area (Å²) in [5.41, 5.74) is 0. The lowest BCUT2D eigenvalue weighted by Crippen LogP contribution is -2.20. The fourth-order valence-electron chi connectivity index (χ4n) is 0.604. The van der Waals surface area contributed by atoms with E-state index in [1.54, 1.807) is 19.1 Å². The summed E-state index contributed by atoms with van der Waals surface area (Å²) in [6, 6.07) is 0. The van der Waals surface area contributed by atoms with Crippen molar-refractivity contribution in [2.45, 2.75) is 32.7 Å². The number of allylic oxidation sites excluding steroid dienone is 1. The van der Waals surface area contributed by atoms with Gasteiger partial charge < -0.3 is 0 Å². The Morgan fingerprint density at radius 1 is 1.45 bits per heavy atom. The number of rotatable bonds is 3. The lowest BCUT2D eigenvalue weighted by Gasteiger charge is -2.12. The molecule has 0 N–H and O–H groups in total. The summed E-state index contributed by atoms with van der Waals surface area (Å²) in [5.74, 6) is 0. The first-order chi connectivity index (χ1) is 4.95. The molecule has 1 atom stereocenters. The van der Waals surface area contributed by atoms with Gasteiger partial charge in [0.2, 0.25) is 0 Å². The maximum absolute atomic E-state index is 11.5. The average Bonchev–Trinajstić information content (AvgIpc) is 1.79. The van der Waals surface area contributed by atoms with Crippen molar-refractivity contribution in [2.24, 2.45) is 0 Å². The molecule has 0 rings (SSSR count). The SMILES string of the molecule is C/C=C\CC(C)OC(F)(F)F. The minimum atomic E-state index is -4.51. The molecule has 0 fully saturated rings. The minimum absolute atomic E-state index is 0.288. The van der Waals surface area contributed by atoms with Gasteiger partial charge in [0, 0.05) is 0 Å². The van der Waals surface area contributed by atoms with Crippen LogP contribution in [-0.2, 0) is 4.74 Å². The molecule has 11 heavy (non-hydrogen) atoms. The van der Waals surface area contributed by atoms with Crippen LogP contribution in [0, 0.1) is 0 Å². The number of hydrogen-bond acceptors (Lipinski definition) is 1. The van der Waals surface area contributed by atoms with Crippen LogP contribution in [0.4, 0.5) is 13.2 Å². The lowest BCUT2D eigenvalue weighted by atomic mass is 10.3. The standard InChI is InChI=1S/C7H11F3O/c1-3-4-5-6(2)11-7(8,9)10/h3-4,6H,5H2,1-2H3/b4-3-. The molecular formula is C7H11F3O. The lowest BCUT2D eigenvalue weighted by molar-refractivity contribution is -0.339. The number of alkyl halides is 3. The third-order valence-corrected chi connectivity index (χ3v) is 1.04. The van der Waals surface area contributed by atoms with E-state index in [9.17, 15) is 13.2 Å². The van der Waals surface area contributed by atoms with Gasteiger partial charge in [0.1, 0.15) is 0 Å². The smallest absolute Gasteiger partial charge is 0.289 e. The first-order valence-electron chi connectivity index (χ1n) is 3.31. The third kappa shape index (κ3) is 7.39. The fourth-order valence-corrected chi connectivity index (χ4v) is 0.604. The predicted molar refractivity (Wildman–Crippen MR) is 36.0 cm³/mol. The van der Waals surface area contributed by atoms with Crippen LogP contribution in [0.1, 0.15) is 20.3 Å². The summed E-state index contributed by atoms with van der Waals surface area (Å²) in [7, 11) is 0. The molecule has 0 saturated carbocycles. The zero-order chi connectivity index (χ0) is 8.91. The molecule has 0 saturated heterocycles. The fraction of sp³-hybridized carbons (Fsp3) is 0.714.